The lowest BCUT2D eigenvalue weighted by molar-refractivity contribution is -0.274. The summed E-state index contributed by atoms with van der Waals surface area (Å²) in [5.74, 6) is 0.218. The summed E-state index contributed by atoms with van der Waals surface area (Å²) >= 11 is 5.49. The molecule has 0 aromatic heterocycles. The van der Waals surface area contributed by atoms with Crippen LogP contribution in [0.25, 0.3) is 0 Å². The highest BCUT2D eigenvalue weighted by atomic mass is 32.1. The number of ether oxygens (including phenoxy) is 2. The van der Waals surface area contributed by atoms with Gasteiger partial charge in [0.25, 0.3) is 0 Å². The zero-order valence-electron chi connectivity index (χ0n) is 18.0. The predicted molar refractivity (Wildman–Crippen MR) is 122 cm³/mol. The van der Waals surface area contributed by atoms with Crippen LogP contribution in [0.2, 0.25) is 0 Å². The SMILES string of the molecule is COc1ccc(CNC(=S)N2CCN(CC(=O)Nc3ccc(OC(F)(F)F)cc3)CC2)cc1. The Hall–Kier alpha value is -3.05. The number of thiocarbonyl (C=S) groups is 1. The highest BCUT2D eigenvalue weighted by Gasteiger charge is 2.31. The molecule has 1 heterocycles. The van der Waals surface area contributed by atoms with Gasteiger partial charge in [0.2, 0.25) is 5.91 Å². The number of hydrogen-bond donors (Lipinski definition) is 2. The number of hydrogen-bond acceptors (Lipinski definition) is 5. The maximum absolute atomic E-state index is 12.3. The van der Waals surface area contributed by atoms with Gasteiger partial charge in [0.15, 0.2) is 5.11 Å². The molecule has 2 aromatic rings. The predicted octanol–water partition coefficient (Wildman–Crippen LogP) is 3.22. The van der Waals surface area contributed by atoms with Crippen LogP contribution in [0.4, 0.5) is 18.9 Å². The van der Waals surface area contributed by atoms with E-state index in [0.29, 0.717) is 43.5 Å². The molecule has 0 bridgehead atoms. The lowest BCUT2D eigenvalue weighted by atomic mass is 10.2. The van der Waals surface area contributed by atoms with E-state index in [0.717, 1.165) is 23.4 Å². The number of rotatable bonds is 7. The van der Waals surface area contributed by atoms with Crippen LogP contribution in [-0.2, 0) is 11.3 Å². The molecule has 0 atom stereocenters. The van der Waals surface area contributed by atoms with Gasteiger partial charge in [0.1, 0.15) is 11.5 Å². The van der Waals surface area contributed by atoms with Crippen molar-refractivity contribution in [2.45, 2.75) is 12.9 Å². The second-order valence-electron chi connectivity index (χ2n) is 7.39. The minimum absolute atomic E-state index is 0.181. The number of piperazine rings is 1. The Morgan fingerprint density at radius 2 is 1.61 bits per heavy atom. The van der Waals surface area contributed by atoms with Gasteiger partial charge in [-0.15, -0.1) is 13.2 Å². The summed E-state index contributed by atoms with van der Waals surface area (Å²) in [5.41, 5.74) is 1.49. The Kier molecular flexibility index (Phi) is 8.34. The van der Waals surface area contributed by atoms with Gasteiger partial charge >= 0.3 is 6.36 Å². The van der Waals surface area contributed by atoms with E-state index in [-0.39, 0.29) is 18.2 Å². The zero-order valence-corrected chi connectivity index (χ0v) is 18.8. The van der Waals surface area contributed by atoms with E-state index in [1.807, 2.05) is 29.2 Å². The molecule has 2 N–H and O–H groups in total. The Morgan fingerprint density at radius 3 is 2.18 bits per heavy atom. The topological polar surface area (TPSA) is 66.1 Å². The molecule has 1 aliphatic rings. The maximum Gasteiger partial charge on any atom is 0.573 e. The molecule has 0 unspecified atom stereocenters. The van der Waals surface area contributed by atoms with Crippen LogP contribution >= 0.6 is 12.2 Å². The average Bonchev–Trinajstić information content (AvgIpc) is 2.78. The van der Waals surface area contributed by atoms with Gasteiger partial charge in [-0.25, -0.2) is 0 Å². The van der Waals surface area contributed by atoms with Crippen molar-refractivity contribution in [1.82, 2.24) is 15.1 Å². The summed E-state index contributed by atoms with van der Waals surface area (Å²) in [5, 5.41) is 6.60. The van der Waals surface area contributed by atoms with Crippen molar-refractivity contribution in [3.8, 4) is 11.5 Å². The summed E-state index contributed by atoms with van der Waals surface area (Å²) in [7, 11) is 1.63. The third-order valence-electron chi connectivity index (χ3n) is 5.00. The first kappa shape index (κ1) is 24.6. The van der Waals surface area contributed by atoms with E-state index in [1.54, 1.807) is 7.11 Å². The number of methoxy groups -OCH3 is 1. The quantitative estimate of drug-likeness (QED) is 0.588. The summed E-state index contributed by atoms with van der Waals surface area (Å²) in [6.07, 6.45) is -4.75. The Labute approximate surface area is 195 Å². The zero-order chi connectivity index (χ0) is 23.8. The number of nitrogens with one attached hydrogen (secondary N) is 2. The van der Waals surface area contributed by atoms with Gasteiger partial charge in [-0.05, 0) is 54.2 Å². The minimum Gasteiger partial charge on any atom is -0.497 e. The summed E-state index contributed by atoms with van der Waals surface area (Å²) in [6.45, 7) is 3.49. The van der Waals surface area contributed by atoms with Crippen molar-refractivity contribution in [2.75, 3.05) is 45.2 Å². The molecule has 1 amide bonds. The number of carbonyl (C=O) groups excluding carboxylic acids is 1. The van der Waals surface area contributed by atoms with Crippen LogP contribution in [0.1, 0.15) is 5.56 Å². The smallest absolute Gasteiger partial charge is 0.497 e. The standard InChI is InChI=1S/C22H25F3N4O3S/c1-31-18-6-2-16(3-7-18)14-26-21(33)29-12-10-28(11-13-29)15-20(30)27-17-4-8-19(9-5-17)32-22(23,24)25/h2-9H,10-15H2,1H3,(H,26,33)(H,27,30). The molecule has 1 fully saturated rings. The monoisotopic (exact) mass is 482 g/mol. The van der Waals surface area contributed by atoms with E-state index in [2.05, 4.69) is 20.3 Å². The van der Waals surface area contributed by atoms with Crippen molar-refractivity contribution in [3.63, 3.8) is 0 Å². The molecule has 1 saturated heterocycles. The van der Waals surface area contributed by atoms with E-state index in [4.69, 9.17) is 17.0 Å². The molecule has 2 aromatic carbocycles. The van der Waals surface area contributed by atoms with Crippen molar-refractivity contribution in [2.24, 2.45) is 0 Å². The number of benzene rings is 2. The summed E-state index contributed by atoms with van der Waals surface area (Å²) in [6, 6.07) is 12.8. The van der Waals surface area contributed by atoms with Gasteiger partial charge in [-0.2, -0.15) is 0 Å². The van der Waals surface area contributed by atoms with Crippen molar-refractivity contribution >= 4 is 28.9 Å². The molecule has 11 heteroatoms. The molecule has 1 aliphatic heterocycles. The fourth-order valence-corrected chi connectivity index (χ4v) is 3.54. The molecule has 0 spiro atoms. The summed E-state index contributed by atoms with van der Waals surface area (Å²) in [4.78, 5) is 16.4. The minimum atomic E-state index is -4.75. The Morgan fingerprint density at radius 1 is 1.00 bits per heavy atom. The largest absolute Gasteiger partial charge is 0.573 e. The van der Waals surface area contributed by atoms with Gasteiger partial charge in [-0.3, -0.25) is 9.69 Å². The first-order valence-electron chi connectivity index (χ1n) is 10.3. The van der Waals surface area contributed by atoms with E-state index >= 15 is 0 Å². The Bertz CT molecular complexity index is 931. The number of alkyl halides is 3. The van der Waals surface area contributed by atoms with Crippen LogP contribution in [-0.4, -0.2) is 67.0 Å². The molecule has 7 nitrogen and oxygen atoms in total. The van der Waals surface area contributed by atoms with Crippen molar-refractivity contribution < 1.29 is 27.4 Å². The first-order valence-corrected chi connectivity index (χ1v) is 10.7. The third-order valence-corrected chi connectivity index (χ3v) is 5.40. The maximum atomic E-state index is 12.3. The summed E-state index contributed by atoms with van der Waals surface area (Å²) < 4.78 is 45.6. The average molecular weight is 483 g/mol. The number of amides is 1. The van der Waals surface area contributed by atoms with Crippen molar-refractivity contribution in [3.05, 3.63) is 54.1 Å². The Balaban J connectivity index is 1.37. The lowest BCUT2D eigenvalue weighted by Crippen LogP contribution is -2.52. The highest BCUT2D eigenvalue weighted by Crippen LogP contribution is 2.24. The van der Waals surface area contributed by atoms with Crippen LogP contribution in [0.5, 0.6) is 11.5 Å². The van der Waals surface area contributed by atoms with Gasteiger partial charge in [0.05, 0.1) is 13.7 Å². The molecule has 0 saturated carbocycles. The molecule has 33 heavy (non-hydrogen) atoms. The van der Waals surface area contributed by atoms with Crippen LogP contribution < -0.4 is 20.1 Å². The van der Waals surface area contributed by atoms with E-state index in [1.165, 1.54) is 12.1 Å². The molecule has 178 valence electrons. The second kappa shape index (κ2) is 11.2. The van der Waals surface area contributed by atoms with Crippen LogP contribution in [0.3, 0.4) is 0 Å². The van der Waals surface area contributed by atoms with Crippen molar-refractivity contribution in [1.29, 1.82) is 0 Å². The molecule has 3 rings (SSSR count). The molecular weight excluding hydrogens is 457 g/mol. The number of anilines is 1. The van der Waals surface area contributed by atoms with Crippen LogP contribution in [0.15, 0.2) is 48.5 Å². The lowest BCUT2D eigenvalue weighted by Gasteiger charge is -2.35. The first-order chi connectivity index (χ1) is 15.7. The number of halogens is 3. The fourth-order valence-electron chi connectivity index (χ4n) is 3.29. The molecule has 0 aliphatic carbocycles. The van der Waals surface area contributed by atoms with E-state index < -0.39 is 6.36 Å². The molecular formula is C22H25F3N4O3S. The van der Waals surface area contributed by atoms with Gasteiger partial charge in [0, 0.05) is 38.4 Å². The highest BCUT2D eigenvalue weighted by molar-refractivity contribution is 7.80. The third kappa shape index (κ3) is 8.10. The van der Waals surface area contributed by atoms with Gasteiger partial charge in [-0.1, -0.05) is 12.1 Å². The molecule has 0 radical (unpaired) electrons. The fraction of sp³-hybridized carbons (Fsp3) is 0.364. The number of nitrogens with zero attached hydrogens (tertiary/aromatic N) is 2. The normalized spacial score (nSPS) is 14.5. The number of carbonyl (C=O) groups is 1. The van der Waals surface area contributed by atoms with Gasteiger partial charge < -0.3 is 25.0 Å². The van der Waals surface area contributed by atoms with Crippen LogP contribution in [0, 0.1) is 0 Å². The van der Waals surface area contributed by atoms with E-state index in [9.17, 15) is 18.0 Å². The second-order valence-corrected chi connectivity index (χ2v) is 7.78.